The summed E-state index contributed by atoms with van der Waals surface area (Å²) in [5.41, 5.74) is 0.466. The lowest BCUT2D eigenvalue weighted by Gasteiger charge is -2.33. The zero-order valence-corrected chi connectivity index (χ0v) is 16.1. The molecule has 0 aliphatic carbocycles. The molecule has 2 aliphatic heterocycles. The van der Waals surface area contributed by atoms with Crippen LogP contribution in [-0.2, 0) is 19.6 Å². The predicted molar refractivity (Wildman–Crippen MR) is 103 cm³/mol. The number of sulfonamides is 1. The first-order valence-electron chi connectivity index (χ1n) is 8.99. The van der Waals surface area contributed by atoms with E-state index in [0.717, 1.165) is 4.31 Å². The van der Waals surface area contributed by atoms with Crippen LogP contribution in [-0.4, -0.2) is 50.5 Å². The van der Waals surface area contributed by atoms with E-state index in [1.54, 1.807) is 36.4 Å². The first-order chi connectivity index (χ1) is 13.9. The van der Waals surface area contributed by atoms with Crippen molar-refractivity contribution < 1.29 is 27.5 Å². The number of rotatable bonds is 5. The summed E-state index contributed by atoms with van der Waals surface area (Å²) >= 11 is 0. The third kappa shape index (κ3) is 3.89. The predicted octanol–water partition coefficient (Wildman–Crippen LogP) is 0.933. The SMILES string of the molecule is O=C(C[C@@H]1C(=O)NCCN1S(=O)(=O)c1ccccc1)Nc1ccc2c(c1)OCO2. The summed E-state index contributed by atoms with van der Waals surface area (Å²) in [6, 6.07) is 11.6. The molecule has 0 unspecified atom stereocenters. The number of benzene rings is 2. The highest BCUT2D eigenvalue weighted by molar-refractivity contribution is 7.89. The minimum atomic E-state index is -3.91. The average molecular weight is 417 g/mol. The van der Waals surface area contributed by atoms with Crippen molar-refractivity contribution in [2.45, 2.75) is 17.4 Å². The minimum Gasteiger partial charge on any atom is -0.454 e. The van der Waals surface area contributed by atoms with Crippen molar-refractivity contribution in [2.24, 2.45) is 0 Å². The Labute approximate surface area is 167 Å². The Morgan fingerprint density at radius 3 is 2.69 bits per heavy atom. The highest BCUT2D eigenvalue weighted by Crippen LogP contribution is 2.34. The molecule has 0 aromatic heterocycles. The van der Waals surface area contributed by atoms with Gasteiger partial charge in [0, 0.05) is 24.8 Å². The molecule has 1 fully saturated rings. The number of anilines is 1. The molecule has 10 heteroatoms. The van der Waals surface area contributed by atoms with Crippen LogP contribution < -0.4 is 20.1 Å². The second kappa shape index (κ2) is 7.72. The van der Waals surface area contributed by atoms with Crippen LogP contribution in [0.25, 0.3) is 0 Å². The average Bonchev–Trinajstić information content (AvgIpc) is 3.18. The molecule has 2 aromatic rings. The van der Waals surface area contributed by atoms with Crippen LogP contribution in [0.1, 0.15) is 6.42 Å². The molecule has 0 bridgehead atoms. The summed E-state index contributed by atoms with van der Waals surface area (Å²) in [6.45, 7) is 0.386. The summed E-state index contributed by atoms with van der Waals surface area (Å²) in [5, 5.41) is 5.30. The maximum absolute atomic E-state index is 13.0. The zero-order valence-electron chi connectivity index (χ0n) is 15.3. The van der Waals surface area contributed by atoms with Gasteiger partial charge in [-0.05, 0) is 24.3 Å². The van der Waals surface area contributed by atoms with Gasteiger partial charge in [0.15, 0.2) is 11.5 Å². The van der Waals surface area contributed by atoms with Gasteiger partial charge in [-0.15, -0.1) is 0 Å². The Bertz CT molecular complexity index is 1040. The van der Waals surface area contributed by atoms with Gasteiger partial charge in [0.2, 0.25) is 28.6 Å². The monoisotopic (exact) mass is 417 g/mol. The lowest BCUT2D eigenvalue weighted by molar-refractivity contribution is -0.130. The van der Waals surface area contributed by atoms with Gasteiger partial charge in [0.25, 0.3) is 0 Å². The number of carbonyl (C=O) groups excluding carboxylic acids is 2. The quantitative estimate of drug-likeness (QED) is 0.748. The van der Waals surface area contributed by atoms with Crippen LogP contribution >= 0.6 is 0 Å². The lowest BCUT2D eigenvalue weighted by atomic mass is 10.1. The molecule has 2 heterocycles. The normalized spacial score (nSPS) is 18.9. The molecule has 9 nitrogen and oxygen atoms in total. The van der Waals surface area contributed by atoms with Gasteiger partial charge < -0.3 is 20.1 Å². The summed E-state index contributed by atoms with van der Waals surface area (Å²) in [7, 11) is -3.91. The Hall–Kier alpha value is -3.11. The molecule has 0 saturated carbocycles. The Kier molecular flexibility index (Phi) is 5.12. The molecular formula is C19H19N3O6S. The highest BCUT2D eigenvalue weighted by atomic mass is 32.2. The van der Waals surface area contributed by atoms with Crippen LogP contribution in [0, 0.1) is 0 Å². The number of ether oxygens (including phenoxy) is 2. The molecule has 1 atom stereocenters. The molecule has 0 radical (unpaired) electrons. The standard InChI is InChI=1S/C19H19N3O6S/c23-18(21-13-6-7-16-17(10-13)28-12-27-16)11-15-19(24)20-8-9-22(15)29(25,26)14-4-2-1-3-5-14/h1-7,10,15H,8-9,11-12H2,(H,20,24)(H,21,23)/t15-/m1/s1. The van der Waals surface area contributed by atoms with E-state index in [2.05, 4.69) is 10.6 Å². The number of hydrogen-bond donors (Lipinski definition) is 2. The van der Waals surface area contributed by atoms with Crippen molar-refractivity contribution in [1.29, 1.82) is 0 Å². The summed E-state index contributed by atoms with van der Waals surface area (Å²) in [5.74, 6) is 0.0945. The number of hydrogen-bond acceptors (Lipinski definition) is 6. The van der Waals surface area contributed by atoms with Crippen molar-refractivity contribution in [3.8, 4) is 11.5 Å². The fourth-order valence-corrected chi connectivity index (χ4v) is 4.87. The van der Waals surface area contributed by atoms with E-state index in [0.29, 0.717) is 17.2 Å². The van der Waals surface area contributed by atoms with E-state index in [-0.39, 0.29) is 31.2 Å². The molecular weight excluding hydrogens is 398 g/mol. The van der Waals surface area contributed by atoms with Gasteiger partial charge in [0.05, 0.1) is 11.3 Å². The van der Waals surface area contributed by atoms with E-state index in [9.17, 15) is 18.0 Å². The Balaban J connectivity index is 1.52. The highest BCUT2D eigenvalue weighted by Gasteiger charge is 2.39. The molecule has 1 saturated heterocycles. The van der Waals surface area contributed by atoms with E-state index in [1.807, 2.05) is 0 Å². The van der Waals surface area contributed by atoms with Gasteiger partial charge in [-0.25, -0.2) is 8.42 Å². The van der Waals surface area contributed by atoms with Gasteiger partial charge in [0.1, 0.15) is 6.04 Å². The van der Waals surface area contributed by atoms with Gasteiger partial charge >= 0.3 is 0 Å². The molecule has 2 N–H and O–H groups in total. The second-order valence-electron chi connectivity index (χ2n) is 6.56. The summed E-state index contributed by atoms with van der Waals surface area (Å²) in [6.07, 6.45) is -0.313. The van der Waals surface area contributed by atoms with Crippen molar-refractivity contribution in [1.82, 2.24) is 9.62 Å². The van der Waals surface area contributed by atoms with Crippen LogP contribution in [0.3, 0.4) is 0 Å². The fourth-order valence-electron chi connectivity index (χ4n) is 3.27. The number of nitrogens with zero attached hydrogens (tertiary/aromatic N) is 1. The molecule has 2 aliphatic rings. The van der Waals surface area contributed by atoms with Crippen LogP contribution in [0.15, 0.2) is 53.4 Å². The first kappa shape index (κ1) is 19.2. The van der Waals surface area contributed by atoms with E-state index in [4.69, 9.17) is 9.47 Å². The third-order valence-electron chi connectivity index (χ3n) is 4.67. The Morgan fingerprint density at radius 1 is 1.14 bits per heavy atom. The topological polar surface area (TPSA) is 114 Å². The number of amides is 2. The first-order valence-corrected chi connectivity index (χ1v) is 10.4. The van der Waals surface area contributed by atoms with Crippen LogP contribution in [0.5, 0.6) is 11.5 Å². The van der Waals surface area contributed by atoms with Crippen molar-refractivity contribution in [3.63, 3.8) is 0 Å². The van der Waals surface area contributed by atoms with E-state index in [1.165, 1.54) is 12.1 Å². The fraction of sp³-hybridized carbons (Fsp3) is 0.263. The van der Waals surface area contributed by atoms with Gasteiger partial charge in [-0.1, -0.05) is 18.2 Å². The molecule has 2 aromatic carbocycles. The molecule has 29 heavy (non-hydrogen) atoms. The smallest absolute Gasteiger partial charge is 0.243 e. The van der Waals surface area contributed by atoms with Gasteiger partial charge in [-0.2, -0.15) is 4.31 Å². The second-order valence-corrected chi connectivity index (χ2v) is 8.45. The lowest BCUT2D eigenvalue weighted by Crippen LogP contribution is -2.57. The molecule has 0 spiro atoms. The number of fused-ring (bicyclic) bond motifs is 1. The van der Waals surface area contributed by atoms with Crippen LogP contribution in [0.4, 0.5) is 5.69 Å². The van der Waals surface area contributed by atoms with Crippen molar-refractivity contribution in [3.05, 3.63) is 48.5 Å². The summed E-state index contributed by atoms with van der Waals surface area (Å²) < 4.78 is 37.6. The number of nitrogens with one attached hydrogen (secondary N) is 2. The van der Waals surface area contributed by atoms with Crippen molar-refractivity contribution in [2.75, 3.05) is 25.2 Å². The minimum absolute atomic E-state index is 0.0795. The Morgan fingerprint density at radius 2 is 1.90 bits per heavy atom. The molecule has 152 valence electrons. The molecule has 4 rings (SSSR count). The molecule has 2 amide bonds. The number of piperazine rings is 1. The maximum Gasteiger partial charge on any atom is 0.243 e. The van der Waals surface area contributed by atoms with Crippen molar-refractivity contribution >= 4 is 27.5 Å². The van der Waals surface area contributed by atoms with E-state index >= 15 is 0 Å². The largest absolute Gasteiger partial charge is 0.454 e. The van der Waals surface area contributed by atoms with E-state index < -0.39 is 27.9 Å². The zero-order chi connectivity index (χ0) is 20.4. The number of carbonyl (C=O) groups is 2. The summed E-state index contributed by atoms with van der Waals surface area (Å²) in [4.78, 5) is 25.0. The van der Waals surface area contributed by atoms with Gasteiger partial charge in [-0.3, -0.25) is 9.59 Å². The third-order valence-corrected chi connectivity index (χ3v) is 6.59. The van der Waals surface area contributed by atoms with Crippen LogP contribution in [0.2, 0.25) is 0 Å². The maximum atomic E-state index is 13.0.